The van der Waals surface area contributed by atoms with Gasteiger partial charge in [0.05, 0.1) is 5.75 Å². The van der Waals surface area contributed by atoms with Gasteiger partial charge in [-0.2, -0.15) is 9.29 Å². The van der Waals surface area contributed by atoms with E-state index in [1.54, 1.807) is 4.31 Å². The van der Waals surface area contributed by atoms with Gasteiger partial charge in [0.15, 0.2) is 5.82 Å². The van der Waals surface area contributed by atoms with Gasteiger partial charge in [-0.1, -0.05) is 49.3 Å². The Labute approximate surface area is 155 Å². The van der Waals surface area contributed by atoms with E-state index in [0.29, 0.717) is 18.3 Å². The highest BCUT2D eigenvalue weighted by Crippen LogP contribution is 2.34. The highest BCUT2D eigenvalue weighted by atomic mass is 32.2. The van der Waals surface area contributed by atoms with Gasteiger partial charge in [0.1, 0.15) is 6.04 Å². The summed E-state index contributed by atoms with van der Waals surface area (Å²) in [5, 5.41) is 4.06. The Morgan fingerprint density at radius 2 is 2.00 bits per heavy atom. The summed E-state index contributed by atoms with van der Waals surface area (Å²) < 4.78 is 32.2. The van der Waals surface area contributed by atoms with E-state index in [0.717, 1.165) is 32.1 Å². The smallest absolute Gasteiger partial charge is 0.245 e. The highest BCUT2D eigenvalue weighted by Gasteiger charge is 2.38. The number of benzene rings is 1. The quantitative estimate of drug-likeness (QED) is 0.705. The number of aromatic nitrogens is 2. The van der Waals surface area contributed by atoms with Crippen LogP contribution in [0, 0.1) is 5.92 Å². The molecule has 0 radical (unpaired) electrons. The molecule has 3 rings (SSSR count). The largest absolute Gasteiger partial charge is 0.338 e. The van der Waals surface area contributed by atoms with Gasteiger partial charge in [0.2, 0.25) is 15.9 Å². The maximum atomic E-state index is 12.6. The van der Waals surface area contributed by atoms with E-state index in [1.165, 1.54) is 5.56 Å². The summed E-state index contributed by atoms with van der Waals surface area (Å²) in [7, 11) is -3.29. The summed E-state index contributed by atoms with van der Waals surface area (Å²) in [6, 6.07) is 9.99. The van der Waals surface area contributed by atoms with E-state index >= 15 is 0 Å². The molecule has 26 heavy (non-hydrogen) atoms. The van der Waals surface area contributed by atoms with Crippen molar-refractivity contribution in [2.75, 3.05) is 12.3 Å². The van der Waals surface area contributed by atoms with Crippen molar-refractivity contribution < 1.29 is 12.9 Å². The van der Waals surface area contributed by atoms with Gasteiger partial charge in [-0.25, -0.2) is 8.42 Å². The fraction of sp³-hybridized carbons (Fsp3) is 0.579. The summed E-state index contributed by atoms with van der Waals surface area (Å²) in [5.74, 6) is 1.34. The van der Waals surface area contributed by atoms with Gasteiger partial charge in [-0.3, -0.25) is 0 Å². The number of sulfonamides is 1. The molecule has 0 unspecified atom stereocenters. The Bertz CT molecular complexity index is 802. The van der Waals surface area contributed by atoms with Gasteiger partial charge < -0.3 is 4.52 Å². The van der Waals surface area contributed by atoms with Crippen LogP contribution in [0.5, 0.6) is 0 Å². The second kappa shape index (κ2) is 8.31. The Hall–Kier alpha value is -1.73. The molecule has 1 aromatic heterocycles. The van der Waals surface area contributed by atoms with Crippen molar-refractivity contribution in [3.8, 4) is 0 Å². The van der Waals surface area contributed by atoms with Crippen molar-refractivity contribution in [2.24, 2.45) is 5.92 Å². The molecule has 1 atom stereocenters. The summed E-state index contributed by atoms with van der Waals surface area (Å²) in [6.45, 7) is 4.37. The van der Waals surface area contributed by atoms with E-state index in [4.69, 9.17) is 4.52 Å². The molecule has 0 amide bonds. The van der Waals surface area contributed by atoms with Crippen LogP contribution in [0.25, 0.3) is 0 Å². The summed E-state index contributed by atoms with van der Waals surface area (Å²) in [5.41, 5.74) is 1.29. The third-order valence-electron chi connectivity index (χ3n) is 4.58. The second-order valence-corrected chi connectivity index (χ2v) is 9.30. The first-order chi connectivity index (χ1) is 12.5. The lowest BCUT2D eigenvalue weighted by molar-refractivity contribution is 0.288. The first-order valence-corrected chi connectivity index (χ1v) is 10.9. The maximum absolute atomic E-state index is 12.6. The Kier molecular flexibility index (Phi) is 6.09. The third-order valence-corrected chi connectivity index (χ3v) is 6.82. The van der Waals surface area contributed by atoms with E-state index < -0.39 is 10.0 Å². The van der Waals surface area contributed by atoms with Crippen molar-refractivity contribution >= 4 is 10.0 Å². The van der Waals surface area contributed by atoms with Crippen LogP contribution in [0.15, 0.2) is 34.9 Å². The fourth-order valence-corrected chi connectivity index (χ4v) is 5.46. The van der Waals surface area contributed by atoms with Crippen LogP contribution in [0.2, 0.25) is 0 Å². The predicted octanol–water partition coefficient (Wildman–Crippen LogP) is 3.37. The van der Waals surface area contributed by atoms with Crippen LogP contribution in [0.4, 0.5) is 0 Å². The van der Waals surface area contributed by atoms with Crippen molar-refractivity contribution in [1.29, 1.82) is 0 Å². The van der Waals surface area contributed by atoms with E-state index in [9.17, 15) is 8.42 Å². The number of hydrogen-bond acceptors (Lipinski definition) is 5. The van der Waals surface area contributed by atoms with Crippen LogP contribution in [-0.4, -0.2) is 35.2 Å². The highest BCUT2D eigenvalue weighted by molar-refractivity contribution is 7.89. The van der Waals surface area contributed by atoms with E-state index in [1.807, 2.05) is 32.0 Å². The van der Waals surface area contributed by atoms with Crippen LogP contribution in [0.3, 0.4) is 0 Å². The zero-order valence-electron chi connectivity index (χ0n) is 15.5. The van der Waals surface area contributed by atoms with Crippen molar-refractivity contribution in [3.05, 3.63) is 47.6 Å². The van der Waals surface area contributed by atoms with Gasteiger partial charge in [-0.05, 0) is 37.2 Å². The third kappa shape index (κ3) is 4.71. The standard InChI is InChI=1S/C19H27N3O3S/c1-15(2)14-26(23,24)22-13-7-11-17(22)19-20-18(21-25-19)12-6-10-16-8-4-3-5-9-16/h3-5,8-9,15,17H,6-7,10-14H2,1-2H3/t17-/m0/s1. The first-order valence-electron chi connectivity index (χ1n) is 9.31. The fourth-order valence-electron chi connectivity index (χ4n) is 3.44. The van der Waals surface area contributed by atoms with Crippen molar-refractivity contribution in [2.45, 2.75) is 52.0 Å². The molecule has 1 fully saturated rings. The molecule has 6 nitrogen and oxygen atoms in total. The lowest BCUT2D eigenvalue weighted by Crippen LogP contribution is -2.34. The molecular weight excluding hydrogens is 350 g/mol. The lowest BCUT2D eigenvalue weighted by Gasteiger charge is -2.22. The molecule has 0 saturated carbocycles. The number of nitrogens with zero attached hydrogens (tertiary/aromatic N) is 3. The van der Waals surface area contributed by atoms with Crippen LogP contribution < -0.4 is 0 Å². The lowest BCUT2D eigenvalue weighted by atomic mass is 10.1. The summed E-state index contributed by atoms with van der Waals surface area (Å²) >= 11 is 0. The first kappa shape index (κ1) is 19.0. The number of rotatable bonds is 8. The normalized spacial score (nSPS) is 18.7. The summed E-state index contributed by atoms with van der Waals surface area (Å²) in [4.78, 5) is 4.48. The molecule has 7 heteroatoms. The van der Waals surface area contributed by atoms with Gasteiger partial charge in [-0.15, -0.1) is 0 Å². The van der Waals surface area contributed by atoms with Crippen molar-refractivity contribution in [3.63, 3.8) is 0 Å². The Balaban J connectivity index is 1.61. The van der Waals surface area contributed by atoms with Crippen LogP contribution in [0.1, 0.15) is 56.4 Å². The molecule has 1 aromatic carbocycles. The predicted molar refractivity (Wildman–Crippen MR) is 100 cm³/mol. The zero-order chi connectivity index (χ0) is 18.6. The molecule has 142 valence electrons. The monoisotopic (exact) mass is 377 g/mol. The molecular formula is C19H27N3O3S. The molecule has 0 N–H and O–H groups in total. The minimum atomic E-state index is -3.29. The molecule has 1 saturated heterocycles. The minimum absolute atomic E-state index is 0.0949. The zero-order valence-corrected chi connectivity index (χ0v) is 16.3. The van der Waals surface area contributed by atoms with E-state index in [-0.39, 0.29) is 17.7 Å². The number of aryl methyl sites for hydroxylation is 2. The summed E-state index contributed by atoms with van der Waals surface area (Å²) in [6.07, 6.45) is 4.19. The van der Waals surface area contributed by atoms with Gasteiger partial charge in [0.25, 0.3) is 0 Å². The average molecular weight is 378 g/mol. The van der Waals surface area contributed by atoms with Crippen molar-refractivity contribution in [1.82, 2.24) is 14.4 Å². The molecule has 1 aliphatic rings. The van der Waals surface area contributed by atoms with Crippen LogP contribution in [-0.2, 0) is 22.9 Å². The maximum Gasteiger partial charge on any atom is 0.245 e. The number of hydrogen-bond donors (Lipinski definition) is 0. The Morgan fingerprint density at radius 3 is 2.73 bits per heavy atom. The molecule has 0 bridgehead atoms. The van der Waals surface area contributed by atoms with E-state index in [2.05, 4.69) is 22.3 Å². The average Bonchev–Trinajstić information content (AvgIpc) is 3.24. The molecule has 2 heterocycles. The molecule has 2 aromatic rings. The molecule has 1 aliphatic heterocycles. The van der Waals surface area contributed by atoms with Crippen LogP contribution >= 0.6 is 0 Å². The second-order valence-electron chi connectivity index (χ2n) is 7.33. The topological polar surface area (TPSA) is 76.3 Å². The Morgan fingerprint density at radius 1 is 1.23 bits per heavy atom. The minimum Gasteiger partial charge on any atom is -0.338 e. The van der Waals surface area contributed by atoms with Gasteiger partial charge in [0, 0.05) is 13.0 Å². The van der Waals surface area contributed by atoms with Gasteiger partial charge >= 0.3 is 0 Å². The molecule has 0 aliphatic carbocycles. The molecule has 0 spiro atoms. The SMILES string of the molecule is CC(C)CS(=O)(=O)N1CCC[C@H]1c1nc(CCCc2ccccc2)no1.